The number of fused-ring (bicyclic) bond motifs is 1. The van der Waals surface area contributed by atoms with Gasteiger partial charge in [-0.15, -0.1) is 0 Å². The molecule has 2 aromatic carbocycles. The summed E-state index contributed by atoms with van der Waals surface area (Å²) < 4.78 is 32.7. The van der Waals surface area contributed by atoms with Crippen LogP contribution in [-0.2, 0) is 6.61 Å². The molecule has 0 bridgehead atoms. The van der Waals surface area contributed by atoms with E-state index in [1.165, 1.54) is 6.33 Å². The van der Waals surface area contributed by atoms with Crippen LogP contribution in [0.5, 0.6) is 28.9 Å². The zero-order chi connectivity index (χ0) is 21.8. The van der Waals surface area contributed by atoms with Crippen molar-refractivity contribution in [2.45, 2.75) is 6.61 Å². The summed E-state index contributed by atoms with van der Waals surface area (Å²) in [6.45, 7) is 0.131. The molecule has 0 aliphatic rings. The molecule has 4 rings (SSSR count). The van der Waals surface area contributed by atoms with E-state index >= 15 is 0 Å². The van der Waals surface area contributed by atoms with E-state index in [2.05, 4.69) is 15.1 Å². The summed E-state index contributed by atoms with van der Waals surface area (Å²) in [5, 5.41) is 4.82. The fourth-order valence-corrected chi connectivity index (χ4v) is 3.13. The molecule has 160 valence electrons. The van der Waals surface area contributed by atoms with Gasteiger partial charge in [0.2, 0.25) is 5.88 Å². The molecule has 0 aliphatic heterocycles. The van der Waals surface area contributed by atoms with Crippen molar-refractivity contribution in [1.82, 2.24) is 15.1 Å². The Labute approximate surface area is 178 Å². The maximum atomic E-state index is 5.89. The predicted molar refractivity (Wildman–Crippen MR) is 112 cm³/mol. The Hall–Kier alpha value is -4.01. The van der Waals surface area contributed by atoms with Crippen LogP contribution in [0, 0.1) is 0 Å². The Balaban J connectivity index is 1.57. The van der Waals surface area contributed by atoms with Gasteiger partial charge in [-0.1, -0.05) is 5.16 Å². The lowest BCUT2D eigenvalue weighted by Gasteiger charge is -2.11. The average molecular weight is 423 g/mol. The maximum Gasteiger partial charge on any atom is 0.225 e. The highest BCUT2D eigenvalue weighted by Crippen LogP contribution is 2.35. The molecule has 0 radical (unpaired) electrons. The first-order chi connectivity index (χ1) is 15.2. The highest BCUT2D eigenvalue weighted by Gasteiger charge is 2.15. The standard InChI is InChI=1S/C22H21N3O6/c1-26-13-5-6-15(19(8-13)27-2)18-7-14(31-25-18)11-30-22-16-9-20(28-3)21(29-4)10-17(16)23-12-24-22/h5-10,12H,11H2,1-4H3. The molecule has 2 heterocycles. The Bertz CT molecular complexity index is 1210. The van der Waals surface area contributed by atoms with E-state index in [1.807, 2.05) is 12.1 Å². The van der Waals surface area contributed by atoms with Gasteiger partial charge in [0.15, 0.2) is 23.9 Å². The minimum Gasteiger partial charge on any atom is -0.497 e. The van der Waals surface area contributed by atoms with Crippen molar-refractivity contribution in [3.05, 3.63) is 48.5 Å². The first kappa shape index (κ1) is 20.3. The topological polar surface area (TPSA) is 98.0 Å². The second kappa shape index (κ2) is 8.78. The second-order valence-corrected chi connectivity index (χ2v) is 6.44. The van der Waals surface area contributed by atoms with Crippen LogP contribution < -0.4 is 23.7 Å². The fourth-order valence-electron chi connectivity index (χ4n) is 3.13. The molecule has 31 heavy (non-hydrogen) atoms. The summed E-state index contributed by atoms with van der Waals surface area (Å²) in [6.07, 6.45) is 1.43. The van der Waals surface area contributed by atoms with E-state index in [-0.39, 0.29) is 6.61 Å². The number of benzene rings is 2. The van der Waals surface area contributed by atoms with Crippen molar-refractivity contribution in [3.8, 4) is 40.1 Å². The summed E-state index contributed by atoms with van der Waals surface area (Å²) in [5.74, 6) is 3.38. The van der Waals surface area contributed by atoms with Crippen molar-refractivity contribution in [1.29, 1.82) is 0 Å². The third-order valence-electron chi connectivity index (χ3n) is 4.70. The monoisotopic (exact) mass is 423 g/mol. The van der Waals surface area contributed by atoms with Crippen LogP contribution in [0.1, 0.15) is 5.76 Å². The Morgan fingerprint density at radius 3 is 2.32 bits per heavy atom. The van der Waals surface area contributed by atoms with Gasteiger partial charge in [0, 0.05) is 23.8 Å². The summed E-state index contributed by atoms with van der Waals surface area (Å²) in [7, 11) is 6.33. The third kappa shape index (κ3) is 4.02. The molecule has 0 N–H and O–H groups in total. The zero-order valence-corrected chi connectivity index (χ0v) is 17.5. The van der Waals surface area contributed by atoms with Crippen molar-refractivity contribution in [2.75, 3.05) is 28.4 Å². The van der Waals surface area contributed by atoms with Gasteiger partial charge in [0.05, 0.1) is 39.3 Å². The van der Waals surface area contributed by atoms with E-state index < -0.39 is 0 Å². The molecule has 0 unspecified atom stereocenters. The molecule has 4 aromatic rings. The van der Waals surface area contributed by atoms with E-state index in [0.717, 1.165) is 5.56 Å². The molecule has 9 heteroatoms. The Morgan fingerprint density at radius 2 is 1.58 bits per heavy atom. The summed E-state index contributed by atoms with van der Waals surface area (Å²) in [4.78, 5) is 8.51. The Morgan fingerprint density at radius 1 is 0.806 bits per heavy atom. The molecule has 0 saturated heterocycles. The van der Waals surface area contributed by atoms with Gasteiger partial charge in [0.1, 0.15) is 23.5 Å². The van der Waals surface area contributed by atoms with E-state index in [4.69, 9.17) is 28.2 Å². The van der Waals surface area contributed by atoms with E-state index in [1.54, 1.807) is 52.7 Å². The number of nitrogens with zero attached hydrogens (tertiary/aromatic N) is 3. The normalized spacial score (nSPS) is 10.7. The van der Waals surface area contributed by atoms with E-state index in [9.17, 15) is 0 Å². The number of ether oxygens (including phenoxy) is 5. The lowest BCUT2D eigenvalue weighted by molar-refractivity contribution is 0.244. The number of methoxy groups -OCH3 is 4. The second-order valence-electron chi connectivity index (χ2n) is 6.44. The smallest absolute Gasteiger partial charge is 0.225 e. The first-order valence-corrected chi connectivity index (χ1v) is 9.34. The number of hydrogen-bond acceptors (Lipinski definition) is 9. The zero-order valence-electron chi connectivity index (χ0n) is 17.5. The average Bonchev–Trinajstić information content (AvgIpc) is 3.29. The summed E-state index contributed by atoms with van der Waals surface area (Å²) in [5.41, 5.74) is 2.07. The molecule has 0 atom stereocenters. The first-order valence-electron chi connectivity index (χ1n) is 9.34. The largest absolute Gasteiger partial charge is 0.497 e. The summed E-state index contributed by atoms with van der Waals surface area (Å²) >= 11 is 0. The predicted octanol–water partition coefficient (Wildman–Crippen LogP) is 3.90. The Kier molecular flexibility index (Phi) is 5.74. The lowest BCUT2D eigenvalue weighted by atomic mass is 10.1. The number of aromatic nitrogens is 3. The van der Waals surface area contributed by atoms with Gasteiger partial charge in [-0.25, -0.2) is 9.97 Å². The van der Waals surface area contributed by atoms with Crippen LogP contribution in [0.4, 0.5) is 0 Å². The number of rotatable bonds is 8. The molecule has 0 amide bonds. The quantitative estimate of drug-likeness (QED) is 0.418. The van der Waals surface area contributed by atoms with Gasteiger partial charge in [-0.3, -0.25) is 0 Å². The minimum atomic E-state index is 0.131. The van der Waals surface area contributed by atoms with Crippen LogP contribution in [0.3, 0.4) is 0 Å². The van der Waals surface area contributed by atoms with Crippen molar-refractivity contribution >= 4 is 10.9 Å². The van der Waals surface area contributed by atoms with Gasteiger partial charge in [0.25, 0.3) is 0 Å². The maximum absolute atomic E-state index is 5.89. The molecule has 0 aliphatic carbocycles. The van der Waals surface area contributed by atoms with Crippen LogP contribution in [0.25, 0.3) is 22.2 Å². The fraction of sp³-hybridized carbons (Fsp3) is 0.227. The lowest BCUT2D eigenvalue weighted by Crippen LogP contribution is -1.99. The van der Waals surface area contributed by atoms with Gasteiger partial charge in [-0.2, -0.15) is 0 Å². The highest BCUT2D eigenvalue weighted by molar-refractivity contribution is 5.86. The van der Waals surface area contributed by atoms with Crippen LogP contribution in [0.15, 0.2) is 47.2 Å². The molecular formula is C22H21N3O6. The number of hydrogen-bond donors (Lipinski definition) is 0. The van der Waals surface area contributed by atoms with Crippen molar-refractivity contribution in [3.63, 3.8) is 0 Å². The van der Waals surface area contributed by atoms with Crippen LogP contribution in [-0.4, -0.2) is 43.6 Å². The summed E-state index contributed by atoms with van der Waals surface area (Å²) in [6, 6.07) is 10.8. The van der Waals surface area contributed by atoms with Gasteiger partial charge in [-0.05, 0) is 18.2 Å². The van der Waals surface area contributed by atoms with Gasteiger partial charge < -0.3 is 28.2 Å². The molecule has 2 aromatic heterocycles. The molecule has 9 nitrogen and oxygen atoms in total. The molecule has 0 spiro atoms. The van der Waals surface area contributed by atoms with Crippen molar-refractivity contribution < 1.29 is 28.2 Å². The molecular weight excluding hydrogens is 402 g/mol. The minimum absolute atomic E-state index is 0.131. The SMILES string of the molecule is COc1ccc(-c2cc(COc3ncnc4cc(OC)c(OC)cc34)on2)c(OC)c1. The van der Waals surface area contributed by atoms with Gasteiger partial charge >= 0.3 is 0 Å². The molecule has 0 saturated carbocycles. The van der Waals surface area contributed by atoms with Crippen LogP contribution >= 0.6 is 0 Å². The van der Waals surface area contributed by atoms with Crippen LogP contribution in [0.2, 0.25) is 0 Å². The highest BCUT2D eigenvalue weighted by atomic mass is 16.5. The third-order valence-corrected chi connectivity index (χ3v) is 4.70. The molecule has 0 fully saturated rings. The van der Waals surface area contributed by atoms with Crippen molar-refractivity contribution in [2.24, 2.45) is 0 Å². The van der Waals surface area contributed by atoms with E-state index in [0.29, 0.717) is 51.2 Å².